The minimum atomic E-state index is 0.716. The first-order chi connectivity index (χ1) is 15.8. The number of hydrogen-bond donors (Lipinski definition) is 1. The number of nitriles is 1. The Morgan fingerprint density at radius 2 is 1.72 bits per heavy atom. The fraction of sp³-hybridized carbons (Fsp3) is 0.269. The molecule has 2 aromatic carbocycles. The van der Waals surface area contributed by atoms with E-state index in [1.165, 1.54) is 10.9 Å². The van der Waals surface area contributed by atoms with Gasteiger partial charge in [0.2, 0.25) is 5.95 Å². The average Bonchev–Trinajstić information content (AvgIpc) is 3.27. The van der Waals surface area contributed by atoms with Crippen LogP contribution in [0.2, 0.25) is 0 Å². The zero-order valence-electron chi connectivity index (χ0n) is 18.0. The summed E-state index contributed by atoms with van der Waals surface area (Å²) in [4.78, 5) is 17.3. The van der Waals surface area contributed by atoms with Gasteiger partial charge < -0.3 is 9.88 Å². The van der Waals surface area contributed by atoms with Gasteiger partial charge in [-0.1, -0.05) is 30.3 Å². The molecule has 1 fully saturated rings. The summed E-state index contributed by atoms with van der Waals surface area (Å²) in [5.41, 5.74) is 5.30. The third-order valence-corrected chi connectivity index (χ3v) is 6.22. The SMILES string of the molecule is N#Cc1ccc2[nH]cc(CCCN3CCN(c4ncc(-c5ccccc5)cn4)CC3)c2c1. The van der Waals surface area contributed by atoms with E-state index in [0.717, 1.165) is 68.2 Å². The summed E-state index contributed by atoms with van der Waals surface area (Å²) in [5.74, 6) is 0.816. The number of fused-ring (bicyclic) bond motifs is 1. The Morgan fingerprint density at radius 3 is 2.47 bits per heavy atom. The third-order valence-electron chi connectivity index (χ3n) is 6.22. The number of rotatable bonds is 6. The lowest BCUT2D eigenvalue weighted by atomic mass is 10.1. The second kappa shape index (κ2) is 9.21. The number of benzene rings is 2. The van der Waals surface area contributed by atoms with Gasteiger partial charge in [0.1, 0.15) is 0 Å². The highest BCUT2D eigenvalue weighted by Gasteiger charge is 2.19. The van der Waals surface area contributed by atoms with E-state index in [4.69, 9.17) is 5.26 Å². The monoisotopic (exact) mass is 422 g/mol. The van der Waals surface area contributed by atoms with Crippen molar-refractivity contribution in [3.05, 3.63) is 78.2 Å². The Balaban J connectivity index is 1.12. The molecule has 0 aliphatic carbocycles. The number of hydrogen-bond acceptors (Lipinski definition) is 5. The standard InChI is InChI=1S/C26H26N6/c27-16-20-8-9-25-24(15-20)22(17-28-25)7-4-10-31-11-13-32(14-12-31)26-29-18-23(19-30-26)21-5-2-1-3-6-21/h1-3,5-6,8-9,15,17-19,28H,4,7,10-14H2. The van der Waals surface area contributed by atoms with Crippen LogP contribution in [0, 0.1) is 11.3 Å². The van der Waals surface area contributed by atoms with Crippen molar-refractivity contribution in [2.45, 2.75) is 12.8 Å². The van der Waals surface area contributed by atoms with Crippen LogP contribution in [-0.4, -0.2) is 52.6 Å². The van der Waals surface area contributed by atoms with E-state index < -0.39 is 0 Å². The van der Waals surface area contributed by atoms with Crippen molar-refractivity contribution in [3.63, 3.8) is 0 Å². The molecule has 1 saturated heterocycles. The lowest BCUT2D eigenvalue weighted by Gasteiger charge is -2.34. The number of H-pyrrole nitrogens is 1. The summed E-state index contributed by atoms with van der Waals surface area (Å²) in [6.07, 6.45) is 8.04. The molecule has 1 aliphatic rings. The fourth-order valence-corrected chi connectivity index (χ4v) is 4.38. The maximum atomic E-state index is 9.16. The molecular formula is C26H26N6. The number of piperazine rings is 1. The molecule has 3 heterocycles. The van der Waals surface area contributed by atoms with E-state index in [0.29, 0.717) is 5.56 Å². The Bertz CT molecular complexity index is 1210. The molecule has 0 bridgehead atoms. The minimum absolute atomic E-state index is 0.716. The van der Waals surface area contributed by atoms with Gasteiger partial charge in [0, 0.05) is 61.2 Å². The molecule has 1 aliphatic heterocycles. The normalized spacial score (nSPS) is 14.5. The fourth-order valence-electron chi connectivity index (χ4n) is 4.38. The summed E-state index contributed by atoms with van der Waals surface area (Å²) in [6, 6.07) is 18.3. The largest absolute Gasteiger partial charge is 0.361 e. The van der Waals surface area contributed by atoms with Gasteiger partial charge in [0.05, 0.1) is 11.6 Å². The number of aromatic nitrogens is 3. The Labute approximate surface area is 188 Å². The Morgan fingerprint density at radius 1 is 0.938 bits per heavy atom. The van der Waals surface area contributed by atoms with Crippen LogP contribution in [0.5, 0.6) is 0 Å². The Hall–Kier alpha value is -3.69. The predicted octanol–water partition coefficient (Wildman–Crippen LogP) is 4.25. The number of aryl methyl sites for hydroxylation is 1. The number of anilines is 1. The van der Waals surface area contributed by atoms with E-state index in [1.54, 1.807) is 0 Å². The molecule has 0 amide bonds. The molecule has 0 saturated carbocycles. The first-order valence-electron chi connectivity index (χ1n) is 11.1. The molecular weight excluding hydrogens is 396 g/mol. The molecule has 6 heteroatoms. The second-order valence-electron chi connectivity index (χ2n) is 8.26. The van der Waals surface area contributed by atoms with Gasteiger partial charge in [-0.25, -0.2) is 9.97 Å². The van der Waals surface area contributed by atoms with Crippen molar-refractivity contribution >= 4 is 16.9 Å². The second-order valence-corrected chi connectivity index (χ2v) is 8.26. The van der Waals surface area contributed by atoms with Crippen molar-refractivity contribution in [1.29, 1.82) is 5.26 Å². The van der Waals surface area contributed by atoms with E-state index in [-0.39, 0.29) is 0 Å². The van der Waals surface area contributed by atoms with Crippen LogP contribution >= 0.6 is 0 Å². The smallest absolute Gasteiger partial charge is 0.225 e. The highest BCUT2D eigenvalue weighted by atomic mass is 15.3. The van der Waals surface area contributed by atoms with Gasteiger partial charge in [-0.15, -0.1) is 0 Å². The summed E-state index contributed by atoms with van der Waals surface area (Å²) < 4.78 is 0. The summed E-state index contributed by atoms with van der Waals surface area (Å²) in [6.45, 7) is 5.02. The van der Waals surface area contributed by atoms with E-state index in [9.17, 15) is 0 Å². The van der Waals surface area contributed by atoms with Crippen molar-refractivity contribution < 1.29 is 0 Å². The molecule has 0 radical (unpaired) electrons. The molecule has 160 valence electrons. The average molecular weight is 423 g/mol. The van der Waals surface area contributed by atoms with Gasteiger partial charge in [-0.05, 0) is 48.7 Å². The predicted molar refractivity (Wildman–Crippen MR) is 127 cm³/mol. The number of nitrogens with zero attached hydrogens (tertiary/aromatic N) is 5. The molecule has 0 unspecified atom stereocenters. The quantitative estimate of drug-likeness (QED) is 0.503. The summed E-state index contributed by atoms with van der Waals surface area (Å²) in [7, 11) is 0. The van der Waals surface area contributed by atoms with Crippen molar-refractivity contribution in [3.8, 4) is 17.2 Å². The van der Waals surface area contributed by atoms with Gasteiger partial charge in [0.25, 0.3) is 0 Å². The van der Waals surface area contributed by atoms with Crippen molar-refractivity contribution in [2.75, 3.05) is 37.6 Å². The minimum Gasteiger partial charge on any atom is -0.361 e. The Kier molecular flexibility index (Phi) is 5.82. The van der Waals surface area contributed by atoms with Crippen LogP contribution < -0.4 is 4.90 Å². The van der Waals surface area contributed by atoms with E-state index in [2.05, 4.69) is 49.2 Å². The van der Waals surface area contributed by atoms with Crippen LogP contribution in [0.4, 0.5) is 5.95 Å². The van der Waals surface area contributed by atoms with Gasteiger partial charge >= 0.3 is 0 Å². The summed E-state index contributed by atoms with van der Waals surface area (Å²) in [5, 5.41) is 10.3. The van der Waals surface area contributed by atoms with Crippen LogP contribution in [0.15, 0.2) is 67.1 Å². The van der Waals surface area contributed by atoms with Gasteiger partial charge in [0.15, 0.2) is 0 Å². The molecule has 32 heavy (non-hydrogen) atoms. The lowest BCUT2D eigenvalue weighted by Crippen LogP contribution is -2.47. The third kappa shape index (κ3) is 4.34. The number of aromatic amines is 1. The highest BCUT2D eigenvalue weighted by molar-refractivity contribution is 5.84. The maximum absolute atomic E-state index is 9.16. The van der Waals surface area contributed by atoms with Crippen molar-refractivity contribution in [2.24, 2.45) is 0 Å². The first-order valence-corrected chi connectivity index (χ1v) is 11.1. The van der Waals surface area contributed by atoms with Crippen LogP contribution in [0.1, 0.15) is 17.5 Å². The first kappa shape index (κ1) is 20.2. The zero-order valence-corrected chi connectivity index (χ0v) is 18.0. The molecule has 2 aromatic heterocycles. The molecule has 1 N–H and O–H groups in total. The van der Waals surface area contributed by atoms with E-state index in [1.807, 2.05) is 48.8 Å². The lowest BCUT2D eigenvalue weighted by molar-refractivity contribution is 0.254. The topological polar surface area (TPSA) is 71.8 Å². The molecule has 5 rings (SSSR count). The zero-order chi connectivity index (χ0) is 21.8. The van der Waals surface area contributed by atoms with Gasteiger partial charge in [-0.3, -0.25) is 4.90 Å². The van der Waals surface area contributed by atoms with Crippen molar-refractivity contribution in [1.82, 2.24) is 19.9 Å². The number of nitrogens with one attached hydrogen (secondary N) is 1. The molecule has 4 aromatic rings. The van der Waals surface area contributed by atoms with Crippen LogP contribution in [0.3, 0.4) is 0 Å². The molecule has 0 atom stereocenters. The van der Waals surface area contributed by atoms with E-state index >= 15 is 0 Å². The van der Waals surface area contributed by atoms with Crippen LogP contribution in [0.25, 0.3) is 22.0 Å². The maximum Gasteiger partial charge on any atom is 0.225 e. The van der Waals surface area contributed by atoms with Crippen LogP contribution in [-0.2, 0) is 6.42 Å². The highest BCUT2D eigenvalue weighted by Crippen LogP contribution is 2.22. The molecule has 0 spiro atoms. The summed E-state index contributed by atoms with van der Waals surface area (Å²) >= 11 is 0. The van der Waals surface area contributed by atoms with Gasteiger partial charge in [-0.2, -0.15) is 5.26 Å². The molecule has 6 nitrogen and oxygen atoms in total.